The van der Waals surface area contributed by atoms with Crippen LogP contribution in [0, 0.1) is 5.82 Å². The summed E-state index contributed by atoms with van der Waals surface area (Å²) < 4.78 is 15.6. The number of nitrogens with one attached hydrogen (secondary N) is 1. The van der Waals surface area contributed by atoms with Crippen molar-refractivity contribution in [3.05, 3.63) is 60.2 Å². The van der Waals surface area contributed by atoms with Crippen molar-refractivity contribution in [3.8, 4) is 11.3 Å². The fourth-order valence-corrected chi connectivity index (χ4v) is 3.31. The molecule has 7 nitrogen and oxygen atoms in total. The van der Waals surface area contributed by atoms with E-state index in [-0.39, 0.29) is 17.8 Å². The Morgan fingerprint density at radius 2 is 2.07 bits per heavy atom. The SMILES string of the molecule is CCn1ccc(C(=O)N[C@H]2CCN(c3ccc(-c4ccccc4F)nn3)C2)n1. The van der Waals surface area contributed by atoms with Gasteiger partial charge in [-0.05, 0) is 43.7 Å². The zero-order valence-corrected chi connectivity index (χ0v) is 15.5. The number of rotatable bonds is 5. The highest BCUT2D eigenvalue weighted by atomic mass is 19.1. The van der Waals surface area contributed by atoms with Crippen molar-refractivity contribution in [2.75, 3.05) is 18.0 Å². The first-order valence-corrected chi connectivity index (χ1v) is 9.32. The highest BCUT2D eigenvalue weighted by molar-refractivity contribution is 5.92. The quantitative estimate of drug-likeness (QED) is 0.736. The molecule has 28 heavy (non-hydrogen) atoms. The Morgan fingerprint density at radius 3 is 2.79 bits per heavy atom. The summed E-state index contributed by atoms with van der Waals surface area (Å²) in [6, 6.07) is 11.8. The normalized spacial score (nSPS) is 16.4. The van der Waals surface area contributed by atoms with Gasteiger partial charge in [0.1, 0.15) is 11.5 Å². The van der Waals surface area contributed by atoms with E-state index in [1.54, 1.807) is 41.2 Å². The number of hydrogen-bond donors (Lipinski definition) is 1. The van der Waals surface area contributed by atoms with Crippen molar-refractivity contribution in [1.29, 1.82) is 0 Å². The molecule has 0 saturated carbocycles. The zero-order valence-electron chi connectivity index (χ0n) is 15.5. The summed E-state index contributed by atoms with van der Waals surface area (Å²) in [4.78, 5) is 14.4. The Balaban J connectivity index is 1.39. The molecule has 1 N–H and O–H groups in total. The first kappa shape index (κ1) is 18.1. The molecule has 0 spiro atoms. The highest BCUT2D eigenvalue weighted by Crippen LogP contribution is 2.23. The number of amides is 1. The standard InChI is InChI=1S/C20H21FN6O/c1-2-27-12-10-18(25-27)20(28)22-14-9-11-26(13-14)19-8-7-17(23-24-19)15-5-3-4-6-16(15)21/h3-8,10,12,14H,2,9,11,13H2,1H3,(H,22,28)/t14-/m0/s1. The lowest BCUT2D eigenvalue weighted by Crippen LogP contribution is -2.37. The van der Waals surface area contributed by atoms with Gasteiger partial charge in [0, 0.05) is 37.4 Å². The minimum atomic E-state index is -0.320. The molecule has 2 aromatic heterocycles. The van der Waals surface area contributed by atoms with Gasteiger partial charge < -0.3 is 10.2 Å². The van der Waals surface area contributed by atoms with Crippen molar-refractivity contribution in [1.82, 2.24) is 25.3 Å². The minimum absolute atomic E-state index is 0.0207. The number of benzene rings is 1. The van der Waals surface area contributed by atoms with E-state index in [9.17, 15) is 9.18 Å². The van der Waals surface area contributed by atoms with Crippen molar-refractivity contribution in [3.63, 3.8) is 0 Å². The molecular formula is C20H21FN6O. The van der Waals surface area contributed by atoms with Crippen LogP contribution in [-0.2, 0) is 6.54 Å². The topological polar surface area (TPSA) is 75.9 Å². The molecule has 1 amide bonds. The first-order chi connectivity index (χ1) is 13.6. The second-order valence-corrected chi connectivity index (χ2v) is 6.72. The number of anilines is 1. The fraction of sp³-hybridized carbons (Fsp3) is 0.300. The molecule has 144 valence electrons. The third-order valence-corrected chi connectivity index (χ3v) is 4.85. The van der Waals surface area contributed by atoms with E-state index in [4.69, 9.17) is 0 Å². The Morgan fingerprint density at radius 1 is 1.21 bits per heavy atom. The maximum absolute atomic E-state index is 13.9. The Labute approximate surface area is 162 Å². The Kier molecular flexibility index (Phi) is 5.01. The summed E-state index contributed by atoms with van der Waals surface area (Å²) >= 11 is 0. The van der Waals surface area contributed by atoms with E-state index in [2.05, 4.69) is 25.5 Å². The smallest absolute Gasteiger partial charge is 0.272 e. The average molecular weight is 380 g/mol. The van der Waals surface area contributed by atoms with Crippen molar-refractivity contribution in [2.45, 2.75) is 25.9 Å². The number of carbonyl (C=O) groups is 1. The van der Waals surface area contributed by atoms with Gasteiger partial charge in [0.25, 0.3) is 5.91 Å². The highest BCUT2D eigenvalue weighted by Gasteiger charge is 2.26. The minimum Gasteiger partial charge on any atom is -0.353 e. The molecule has 1 atom stereocenters. The van der Waals surface area contributed by atoms with Crippen LogP contribution >= 0.6 is 0 Å². The number of aryl methyl sites for hydroxylation is 1. The summed E-state index contributed by atoms with van der Waals surface area (Å²) in [6.07, 6.45) is 2.61. The van der Waals surface area contributed by atoms with Crippen LogP contribution < -0.4 is 10.2 Å². The van der Waals surface area contributed by atoms with Crippen LogP contribution in [0.4, 0.5) is 10.2 Å². The molecule has 1 aliphatic heterocycles. The van der Waals surface area contributed by atoms with Crippen LogP contribution in [0.2, 0.25) is 0 Å². The first-order valence-electron chi connectivity index (χ1n) is 9.32. The van der Waals surface area contributed by atoms with Gasteiger partial charge in [0.2, 0.25) is 0 Å². The predicted molar refractivity (Wildman–Crippen MR) is 103 cm³/mol. The molecule has 0 aliphatic carbocycles. The second-order valence-electron chi connectivity index (χ2n) is 6.72. The maximum atomic E-state index is 13.9. The molecule has 8 heteroatoms. The number of carbonyl (C=O) groups excluding carboxylic acids is 1. The van der Waals surface area contributed by atoms with E-state index >= 15 is 0 Å². The van der Waals surface area contributed by atoms with Gasteiger partial charge in [-0.2, -0.15) is 5.10 Å². The summed E-state index contributed by atoms with van der Waals surface area (Å²) in [6.45, 7) is 4.12. The van der Waals surface area contributed by atoms with Crippen molar-refractivity contribution >= 4 is 11.7 Å². The van der Waals surface area contributed by atoms with Gasteiger partial charge in [-0.1, -0.05) is 12.1 Å². The molecule has 3 aromatic rings. The van der Waals surface area contributed by atoms with Crippen LogP contribution in [0.5, 0.6) is 0 Å². The number of aromatic nitrogens is 4. The van der Waals surface area contributed by atoms with E-state index < -0.39 is 0 Å². The molecule has 0 bridgehead atoms. The van der Waals surface area contributed by atoms with Gasteiger partial charge in [-0.3, -0.25) is 9.48 Å². The Bertz CT molecular complexity index is 971. The van der Waals surface area contributed by atoms with Gasteiger partial charge in [-0.25, -0.2) is 4.39 Å². The van der Waals surface area contributed by atoms with E-state index in [0.717, 1.165) is 19.5 Å². The molecule has 3 heterocycles. The molecule has 1 aromatic carbocycles. The molecule has 1 fully saturated rings. The van der Waals surface area contributed by atoms with Gasteiger partial charge in [-0.15, -0.1) is 10.2 Å². The van der Waals surface area contributed by atoms with Gasteiger partial charge >= 0.3 is 0 Å². The molecule has 1 saturated heterocycles. The molecule has 4 rings (SSSR count). The van der Waals surface area contributed by atoms with Gasteiger partial charge in [0.15, 0.2) is 5.82 Å². The summed E-state index contributed by atoms with van der Waals surface area (Å²) in [5.41, 5.74) is 1.35. The molecular weight excluding hydrogens is 359 g/mol. The number of nitrogens with zero attached hydrogens (tertiary/aromatic N) is 5. The second kappa shape index (κ2) is 7.75. The van der Waals surface area contributed by atoms with Crippen LogP contribution in [0.3, 0.4) is 0 Å². The molecule has 1 aliphatic rings. The lowest BCUT2D eigenvalue weighted by molar-refractivity contribution is 0.0934. The maximum Gasteiger partial charge on any atom is 0.272 e. The number of halogens is 1. The third kappa shape index (κ3) is 3.71. The predicted octanol–water partition coefficient (Wildman–Crippen LogP) is 2.51. The molecule has 0 radical (unpaired) electrons. The van der Waals surface area contributed by atoms with Crippen molar-refractivity contribution < 1.29 is 9.18 Å². The van der Waals surface area contributed by atoms with E-state index in [1.165, 1.54) is 6.07 Å². The summed E-state index contributed by atoms with van der Waals surface area (Å²) in [5, 5.41) is 15.7. The fourth-order valence-electron chi connectivity index (χ4n) is 3.31. The van der Waals surface area contributed by atoms with Crippen LogP contribution in [0.15, 0.2) is 48.7 Å². The summed E-state index contributed by atoms with van der Waals surface area (Å²) in [5.74, 6) is 0.228. The molecule has 0 unspecified atom stereocenters. The van der Waals surface area contributed by atoms with E-state index in [0.29, 0.717) is 29.3 Å². The number of hydrogen-bond acceptors (Lipinski definition) is 5. The van der Waals surface area contributed by atoms with Crippen LogP contribution in [0.1, 0.15) is 23.8 Å². The van der Waals surface area contributed by atoms with E-state index in [1.807, 2.05) is 13.0 Å². The summed E-state index contributed by atoms with van der Waals surface area (Å²) in [7, 11) is 0. The Hall–Kier alpha value is -3.29. The third-order valence-electron chi connectivity index (χ3n) is 4.85. The van der Waals surface area contributed by atoms with Crippen LogP contribution in [0.25, 0.3) is 11.3 Å². The lowest BCUT2D eigenvalue weighted by atomic mass is 10.1. The van der Waals surface area contributed by atoms with Gasteiger partial charge in [0.05, 0.1) is 5.69 Å². The zero-order chi connectivity index (χ0) is 19.5. The van der Waals surface area contributed by atoms with Crippen LogP contribution in [-0.4, -0.2) is 45.0 Å². The lowest BCUT2D eigenvalue weighted by Gasteiger charge is -2.17. The largest absolute Gasteiger partial charge is 0.353 e. The average Bonchev–Trinajstić information content (AvgIpc) is 3.38. The monoisotopic (exact) mass is 380 g/mol. The van der Waals surface area contributed by atoms with Crippen molar-refractivity contribution in [2.24, 2.45) is 0 Å².